The Hall–Kier alpha value is -0.170. The average molecular weight is 332 g/mol. The van der Waals surface area contributed by atoms with Gasteiger partial charge in [-0.1, -0.05) is 0 Å². The van der Waals surface area contributed by atoms with Crippen molar-refractivity contribution in [3.8, 4) is 0 Å². The van der Waals surface area contributed by atoms with Crippen LogP contribution >= 0.6 is 0 Å². The van der Waals surface area contributed by atoms with Crippen LogP contribution in [0.1, 0.15) is 40.5 Å². The molecule has 2 rings (SSSR count). The summed E-state index contributed by atoms with van der Waals surface area (Å²) in [6, 6.07) is 0.548. The van der Waals surface area contributed by atoms with Gasteiger partial charge in [0.25, 0.3) is 0 Å². The van der Waals surface area contributed by atoms with E-state index in [1.807, 2.05) is 0 Å². The predicted octanol–water partition coefficient (Wildman–Crippen LogP) is 1.46. The topological polar surface area (TPSA) is 43.9 Å². The minimum atomic E-state index is -3.02. The molecule has 0 spiro atoms. The molecule has 2 aliphatic rings. The van der Waals surface area contributed by atoms with Crippen molar-refractivity contribution in [2.24, 2.45) is 5.92 Å². The molecule has 0 N–H and O–H groups in total. The standard InChI is InChI=1S/C16H33N3O2S/c1-14(12-15-6-7-18(13-15)16(2,3)4)17-8-10-19(11-9-17)22(5,20)21/h14-15H,6-13H2,1-5H3. The molecule has 2 heterocycles. The largest absolute Gasteiger partial charge is 0.298 e. The summed E-state index contributed by atoms with van der Waals surface area (Å²) in [5.74, 6) is 0.780. The van der Waals surface area contributed by atoms with Crippen LogP contribution in [0.4, 0.5) is 0 Å². The van der Waals surface area contributed by atoms with Gasteiger partial charge in [0.1, 0.15) is 0 Å². The van der Waals surface area contributed by atoms with Gasteiger partial charge in [0.2, 0.25) is 10.0 Å². The van der Waals surface area contributed by atoms with E-state index in [0.717, 1.165) is 19.0 Å². The zero-order chi connectivity index (χ0) is 16.5. The van der Waals surface area contributed by atoms with Gasteiger partial charge in [0.15, 0.2) is 0 Å². The maximum atomic E-state index is 11.6. The molecule has 22 heavy (non-hydrogen) atoms. The fourth-order valence-electron chi connectivity index (χ4n) is 3.74. The molecule has 6 heteroatoms. The summed E-state index contributed by atoms with van der Waals surface area (Å²) < 4.78 is 24.8. The van der Waals surface area contributed by atoms with E-state index < -0.39 is 10.0 Å². The molecular weight excluding hydrogens is 298 g/mol. The minimum Gasteiger partial charge on any atom is -0.298 e. The third kappa shape index (κ3) is 4.66. The predicted molar refractivity (Wildman–Crippen MR) is 91.5 cm³/mol. The van der Waals surface area contributed by atoms with E-state index in [2.05, 4.69) is 37.5 Å². The van der Waals surface area contributed by atoms with E-state index in [1.54, 1.807) is 4.31 Å². The lowest BCUT2D eigenvalue weighted by molar-refractivity contribution is 0.123. The molecule has 0 bridgehead atoms. The zero-order valence-corrected chi connectivity index (χ0v) is 15.7. The summed E-state index contributed by atoms with van der Waals surface area (Å²) in [5, 5.41) is 0. The second-order valence-corrected chi connectivity index (χ2v) is 10.0. The molecular formula is C16H33N3O2S. The van der Waals surface area contributed by atoms with Crippen molar-refractivity contribution in [3.05, 3.63) is 0 Å². The highest BCUT2D eigenvalue weighted by Gasteiger charge is 2.32. The summed E-state index contributed by atoms with van der Waals surface area (Å²) in [5.41, 5.74) is 0.277. The quantitative estimate of drug-likeness (QED) is 0.782. The van der Waals surface area contributed by atoms with E-state index in [1.165, 1.54) is 32.2 Å². The molecule has 5 nitrogen and oxygen atoms in total. The molecule has 130 valence electrons. The smallest absolute Gasteiger partial charge is 0.211 e. The summed E-state index contributed by atoms with van der Waals surface area (Å²) in [6.45, 7) is 14.6. The van der Waals surface area contributed by atoms with Crippen LogP contribution in [0.3, 0.4) is 0 Å². The lowest BCUT2D eigenvalue weighted by atomic mass is 9.98. The van der Waals surface area contributed by atoms with Gasteiger partial charge in [0.05, 0.1) is 6.26 Å². The first kappa shape index (κ1) is 18.2. The maximum Gasteiger partial charge on any atom is 0.211 e. The molecule has 0 aliphatic carbocycles. The molecule has 0 aromatic carbocycles. The Labute approximate surface area is 136 Å². The van der Waals surface area contributed by atoms with E-state index in [-0.39, 0.29) is 5.54 Å². The highest BCUT2D eigenvalue weighted by Crippen LogP contribution is 2.28. The summed E-state index contributed by atoms with van der Waals surface area (Å²) in [7, 11) is -3.02. The molecule has 0 aromatic rings. The molecule has 0 aromatic heterocycles. The van der Waals surface area contributed by atoms with Gasteiger partial charge in [-0.25, -0.2) is 8.42 Å². The summed E-state index contributed by atoms with van der Waals surface area (Å²) in [4.78, 5) is 5.05. The first-order valence-electron chi connectivity index (χ1n) is 8.51. The molecule has 0 amide bonds. The molecule has 2 saturated heterocycles. The van der Waals surface area contributed by atoms with Crippen LogP contribution in [0.2, 0.25) is 0 Å². The van der Waals surface area contributed by atoms with Gasteiger partial charge >= 0.3 is 0 Å². The first-order chi connectivity index (χ1) is 10.1. The first-order valence-corrected chi connectivity index (χ1v) is 10.4. The van der Waals surface area contributed by atoms with Gasteiger partial charge < -0.3 is 0 Å². The van der Waals surface area contributed by atoms with Crippen LogP contribution in [0, 0.1) is 5.92 Å². The molecule has 2 aliphatic heterocycles. The number of likely N-dealkylation sites (tertiary alicyclic amines) is 1. The number of nitrogens with zero attached hydrogens (tertiary/aromatic N) is 3. The van der Waals surface area contributed by atoms with E-state index in [4.69, 9.17) is 0 Å². The van der Waals surface area contributed by atoms with Gasteiger partial charge in [-0.05, 0) is 53.0 Å². The number of sulfonamides is 1. The van der Waals surface area contributed by atoms with Crippen LogP contribution in [0.25, 0.3) is 0 Å². The van der Waals surface area contributed by atoms with Crippen molar-refractivity contribution in [1.82, 2.24) is 14.1 Å². The monoisotopic (exact) mass is 331 g/mol. The molecule has 0 saturated carbocycles. The minimum absolute atomic E-state index is 0.277. The van der Waals surface area contributed by atoms with Crippen molar-refractivity contribution in [3.63, 3.8) is 0 Å². The second-order valence-electron chi connectivity index (χ2n) is 8.05. The van der Waals surface area contributed by atoms with E-state index in [9.17, 15) is 8.42 Å². The molecule has 0 radical (unpaired) electrons. The lowest BCUT2D eigenvalue weighted by Gasteiger charge is -2.38. The highest BCUT2D eigenvalue weighted by atomic mass is 32.2. The average Bonchev–Trinajstić information content (AvgIpc) is 2.86. The molecule has 2 atom stereocenters. The summed E-state index contributed by atoms with van der Waals surface area (Å²) >= 11 is 0. The normalized spacial score (nSPS) is 28.1. The molecule has 2 unspecified atom stereocenters. The van der Waals surface area contributed by atoms with Crippen molar-refractivity contribution in [1.29, 1.82) is 0 Å². The van der Waals surface area contributed by atoms with Crippen LogP contribution in [-0.2, 0) is 10.0 Å². The van der Waals surface area contributed by atoms with Crippen molar-refractivity contribution in [2.75, 3.05) is 45.5 Å². The Morgan fingerprint density at radius 1 is 1.09 bits per heavy atom. The highest BCUT2D eigenvalue weighted by molar-refractivity contribution is 7.88. The second kappa shape index (κ2) is 6.75. The van der Waals surface area contributed by atoms with Crippen LogP contribution < -0.4 is 0 Å². The van der Waals surface area contributed by atoms with Gasteiger partial charge in [-0.2, -0.15) is 4.31 Å². The Balaban J connectivity index is 1.79. The fourth-order valence-corrected chi connectivity index (χ4v) is 4.57. The van der Waals surface area contributed by atoms with E-state index in [0.29, 0.717) is 19.1 Å². The Kier molecular flexibility index (Phi) is 5.58. The SMILES string of the molecule is CC(CC1CCN(C(C)(C)C)C1)N1CCN(S(C)(=O)=O)CC1. The van der Waals surface area contributed by atoms with Gasteiger partial charge in [-0.3, -0.25) is 9.80 Å². The van der Waals surface area contributed by atoms with Crippen molar-refractivity contribution >= 4 is 10.0 Å². The fraction of sp³-hybridized carbons (Fsp3) is 1.00. The summed E-state index contributed by atoms with van der Waals surface area (Å²) in [6.07, 6.45) is 3.84. The lowest BCUT2D eigenvalue weighted by Crippen LogP contribution is -2.51. The Morgan fingerprint density at radius 3 is 2.14 bits per heavy atom. The number of piperazine rings is 1. The Morgan fingerprint density at radius 2 is 1.68 bits per heavy atom. The molecule has 2 fully saturated rings. The number of rotatable bonds is 4. The van der Waals surface area contributed by atoms with E-state index >= 15 is 0 Å². The van der Waals surface area contributed by atoms with Gasteiger partial charge in [0, 0.05) is 44.3 Å². The third-order valence-corrected chi connectivity index (χ3v) is 6.58. The number of hydrogen-bond acceptors (Lipinski definition) is 4. The van der Waals surface area contributed by atoms with Crippen LogP contribution in [-0.4, -0.2) is 79.6 Å². The number of hydrogen-bond donors (Lipinski definition) is 0. The van der Waals surface area contributed by atoms with Crippen LogP contribution in [0.5, 0.6) is 0 Å². The van der Waals surface area contributed by atoms with Crippen molar-refractivity contribution in [2.45, 2.75) is 52.1 Å². The third-order valence-electron chi connectivity index (χ3n) is 5.27. The Bertz CT molecular complexity index is 464. The zero-order valence-electron chi connectivity index (χ0n) is 14.9. The van der Waals surface area contributed by atoms with Crippen molar-refractivity contribution < 1.29 is 8.42 Å². The van der Waals surface area contributed by atoms with Crippen LogP contribution in [0.15, 0.2) is 0 Å². The maximum absolute atomic E-state index is 11.6. The van der Waals surface area contributed by atoms with Gasteiger partial charge in [-0.15, -0.1) is 0 Å².